The van der Waals surface area contributed by atoms with Crippen molar-refractivity contribution in [3.8, 4) is 0 Å². The zero-order valence-electron chi connectivity index (χ0n) is 18.7. The first-order valence-corrected chi connectivity index (χ1v) is 12.6. The molecular formula is C21H36N4O3S. The molecule has 2 aliphatic rings. The van der Waals surface area contributed by atoms with E-state index in [-0.39, 0.29) is 41.6 Å². The fourth-order valence-electron chi connectivity index (χ4n) is 4.90. The van der Waals surface area contributed by atoms with Gasteiger partial charge in [0.25, 0.3) is 0 Å². The molecule has 0 N–H and O–H groups in total. The fraction of sp³-hybridized carbons (Fsp3) is 0.810. The highest BCUT2D eigenvalue weighted by atomic mass is 32.2. The van der Waals surface area contributed by atoms with Gasteiger partial charge in [0.2, 0.25) is 5.91 Å². The lowest BCUT2D eigenvalue weighted by atomic mass is 9.96. The largest absolute Gasteiger partial charge is 0.336 e. The monoisotopic (exact) mass is 424 g/mol. The number of likely N-dealkylation sites (N-methyl/N-ethyl adjacent to an activating group) is 1. The van der Waals surface area contributed by atoms with Crippen molar-refractivity contribution in [1.82, 2.24) is 19.6 Å². The van der Waals surface area contributed by atoms with Crippen molar-refractivity contribution in [3.63, 3.8) is 0 Å². The molecule has 7 nitrogen and oxygen atoms in total. The number of amides is 1. The lowest BCUT2D eigenvalue weighted by Gasteiger charge is -2.41. The summed E-state index contributed by atoms with van der Waals surface area (Å²) in [5.41, 5.74) is 3.02. The normalized spacial score (nSPS) is 28.1. The van der Waals surface area contributed by atoms with E-state index in [9.17, 15) is 13.2 Å². The number of aromatic nitrogens is 2. The summed E-state index contributed by atoms with van der Waals surface area (Å²) in [6.07, 6.45) is 3.95. The topological polar surface area (TPSA) is 75.5 Å². The van der Waals surface area contributed by atoms with E-state index in [1.54, 1.807) is 0 Å². The van der Waals surface area contributed by atoms with Gasteiger partial charge in [0, 0.05) is 29.9 Å². The van der Waals surface area contributed by atoms with Gasteiger partial charge < -0.3 is 4.90 Å². The van der Waals surface area contributed by atoms with Gasteiger partial charge in [-0.3, -0.25) is 14.4 Å². The van der Waals surface area contributed by atoms with Crippen LogP contribution in [0.2, 0.25) is 0 Å². The molecule has 8 heteroatoms. The minimum absolute atomic E-state index is 0.0770. The van der Waals surface area contributed by atoms with E-state index in [0.29, 0.717) is 13.0 Å². The number of piperidine rings is 1. The lowest BCUT2D eigenvalue weighted by Crippen LogP contribution is -2.54. The van der Waals surface area contributed by atoms with Gasteiger partial charge >= 0.3 is 0 Å². The van der Waals surface area contributed by atoms with Gasteiger partial charge in [-0.25, -0.2) is 8.42 Å². The molecular weight excluding hydrogens is 388 g/mol. The third-order valence-electron chi connectivity index (χ3n) is 6.90. The summed E-state index contributed by atoms with van der Waals surface area (Å²) < 4.78 is 25.6. The average Bonchev–Trinajstić information content (AvgIpc) is 3.14. The minimum atomic E-state index is -2.96. The molecule has 4 atom stereocenters. The smallest absolute Gasteiger partial charge is 0.240 e. The van der Waals surface area contributed by atoms with Crippen LogP contribution in [0.1, 0.15) is 69.4 Å². The highest BCUT2D eigenvalue weighted by Crippen LogP contribution is 2.28. The van der Waals surface area contributed by atoms with Gasteiger partial charge in [-0.2, -0.15) is 5.10 Å². The van der Waals surface area contributed by atoms with E-state index in [0.717, 1.165) is 29.8 Å². The molecule has 3 rings (SSSR count). The quantitative estimate of drug-likeness (QED) is 0.726. The third-order valence-corrected chi connectivity index (χ3v) is 8.65. The van der Waals surface area contributed by atoms with Crippen LogP contribution in [0, 0.1) is 13.8 Å². The maximum absolute atomic E-state index is 13.2. The summed E-state index contributed by atoms with van der Waals surface area (Å²) in [6, 6.07) is 0.286. The van der Waals surface area contributed by atoms with Crippen molar-refractivity contribution in [2.45, 2.75) is 91.0 Å². The first kappa shape index (κ1) is 22.3. The predicted molar refractivity (Wildman–Crippen MR) is 115 cm³/mol. The van der Waals surface area contributed by atoms with Gasteiger partial charge in [0.15, 0.2) is 9.84 Å². The molecule has 0 bridgehead atoms. The van der Waals surface area contributed by atoms with Crippen LogP contribution in [0.15, 0.2) is 0 Å². The van der Waals surface area contributed by atoms with Crippen molar-refractivity contribution in [1.29, 1.82) is 0 Å². The Morgan fingerprint density at radius 3 is 2.38 bits per heavy atom. The lowest BCUT2D eigenvalue weighted by molar-refractivity contribution is -0.142. The summed E-state index contributed by atoms with van der Waals surface area (Å²) >= 11 is 0. The van der Waals surface area contributed by atoms with E-state index in [4.69, 9.17) is 0 Å². The Bertz CT molecular complexity index is 854. The maximum Gasteiger partial charge on any atom is 0.240 e. The summed E-state index contributed by atoms with van der Waals surface area (Å²) in [7, 11) is -0.972. The summed E-state index contributed by atoms with van der Waals surface area (Å²) in [5.74, 6) is 0.601. The van der Waals surface area contributed by atoms with E-state index >= 15 is 0 Å². The second-order valence-electron chi connectivity index (χ2n) is 9.12. The first-order valence-electron chi connectivity index (χ1n) is 10.8. The molecule has 1 aromatic heterocycles. The van der Waals surface area contributed by atoms with Crippen LogP contribution < -0.4 is 0 Å². The molecule has 0 spiro atoms. The molecule has 0 radical (unpaired) electrons. The molecule has 0 aromatic carbocycles. The number of nitrogens with zero attached hydrogens (tertiary/aromatic N) is 4. The molecule has 1 amide bonds. The van der Waals surface area contributed by atoms with Crippen LogP contribution in [0.5, 0.6) is 0 Å². The van der Waals surface area contributed by atoms with E-state index in [1.165, 1.54) is 6.42 Å². The molecule has 0 aliphatic carbocycles. The standard InChI is InChI=1S/C21H36N4O3S/c1-14-8-7-9-15(2)24(14)21(26)18(5)23(6)12-20-16(3)22-25(17(20)4)19-10-11-29(27,28)13-19/h14-15,18-19H,7-13H2,1-6H3/t14-,15+,18-,19+/m0/s1. The van der Waals surface area contributed by atoms with Crippen molar-refractivity contribution < 1.29 is 13.2 Å². The highest BCUT2D eigenvalue weighted by Gasteiger charge is 2.34. The van der Waals surface area contributed by atoms with Crippen LogP contribution in [0.3, 0.4) is 0 Å². The fourth-order valence-corrected chi connectivity index (χ4v) is 6.59. The second-order valence-corrected chi connectivity index (χ2v) is 11.3. The van der Waals surface area contributed by atoms with E-state index in [1.807, 2.05) is 32.5 Å². The molecule has 0 unspecified atom stereocenters. The Balaban J connectivity index is 1.73. The minimum Gasteiger partial charge on any atom is -0.336 e. The van der Waals surface area contributed by atoms with Crippen LogP contribution in [0.4, 0.5) is 0 Å². The van der Waals surface area contributed by atoms with Crippen LogP contribution in [-0.2, 0) is 21.2 Å². The second kappa shape index (κ2) is 8.38. The van der Waals surface area contributed by atoms with Crippen LogP contribution in [0.25, 0.3) is 0 Å². The van der Waals surface area contributed by atoms with Gasteiger partial charge in [-0.1, -0.05) is 0 Å². The number of hydrogen-bond donors (Lipinski definition) is 0. The maximum atomic E-state index is 13.2. The molecule has 3 heterocycles. The molecule has 2 aliphatic heterocycles. The Morgan fingerprint density at radius 2 is 1.83 bits per heavy atom. The number of carbonyl (C=O) groups is 1. The Morgan fingerprint density at radius 1 is 1.21 bits per heavy atom. The Kier molecular flexibility index (Phi) is 6.44. The van der Waals surface area contributed by atoms with Crippen molar-refractivity contribution in [3.05, 3.63) is 17.0 Å². The summed E-state index contributed by atoms with van der Waals surface area (Å²) in [5, 5.41) is 4.66. The van der Waals surface area contributed by atoms with Gasteiger partial charge in [-0.15, -0.1) is 0 Å². The van der Waals surface area contributed by atoms with Gasteiger partial charge in [0.05, 0.1) is 29.3 Å². The molecule has 0 saturated carbocycles. The molecule has 29 heavy (non-hydrogen) atoms. The van der Waals surface area contributed by atoms with E-state index < -0.39 is 9.84 Å². The number of aryl methyl sites for hydroxylation is 1. The Hall–Kier alpha value is -1.41. The summed E-state index contributed by atoms with van der Waals surface area (Å²) in [6.45, 7) is 10.9. The zero-order chi connectivity index (χ0) is 21.5. The number of sulfone groups is 1. The summed E-state index contributed by atoms with van der Waals surface area (Å²) in [4.78, 5) is 17.4. The molecule has 1 aromatic rings. The molecule has 164 valence electrons. The number of rotatable bonds is 5. The van der Waals surface area contributed by atoms with Gasteiger partial charge in [-0.05, 0) is 67.3 Å². The van der Waals surface area contributed by atoms with Crippen molar-refractivity contribution in [2.24, 2.45) is 0 Å². The van der Waals surface area contributed by atoms with E-state index in [2.05, 4.69) is 28.7 Å². The van der Waals surface area contributed by atoms with Crippen LogP contribution >= 0.6 is 0 Å². The zero-order valence-corrected chi connectivity index (χ0v) is 19.5. The SMILES string of the molecule is Cc1nn([C@@H]2CCS(=O)(=O)C2)c(C)c1CN(C)[C@@H](C)C(=O)N1[C@H](C)CCC[C@@H]1C. The predicted octanol–water partition coefficient (Wildman–Crippen LogP) is 2.47. The van der Waals surface area contributed by atoms with Gasteiger partial charge in [0.1, 0.15) is 0 Å². The highest BCUT2D eigenvalue weighted by molar-refractivity contribution is 7.91. The molecule has 2 fully saturated rings. The van der Waals surface area contributed by atoms with Crippen molar-refractivity contribution in [2.75, 3.05) is 18.6 Å². The third kappa shape index (κ3) is 4.53. The number of carbonyl (C=O) groups excluding carboxylic acids is 1. The first-order chi connectivity index (χ1) is 13.5. The number of likely N-dealkylation sites (tertiary alicyclic amines) is 1. The molecule has 2 saturated heterocycles. The Labute approximate surface area is 175 Å². The van der Waals surface area contributed by atoms with Crippen molar-refractivity contribution >= 4 is 15.7 Å². The number of hydrogen-bond acceptors (Lipinski definition) is 5. The van der Waals surface area contributed by atoms with Crippen LogP contribution in [-0.4, -0.2) is 70.6 Å². The average molecular weight is 425 g/mol.